The van der Waals surface area contributed by atoms with Crippen molar-refractivity contribution >= 4 is 15.9 Å². The lowest BCUT2D eigenvalue weighted by Crippen LogP contribution is -2.21. The largest absolute Gasteiger partial charge is 0.493 e. The van der Waals surface area contributed by atoms with Crippen LogP contribution in [0.4, 0.5) is 4.39 Å². The van der Waals surface area contributed by atoms with Gasteiger partial charge >= 0.3 is 0 Å². The van der Waals surface area contributed by atoms with Crippen LogP contribution in [0.2, 0.25) is 0 Å². The molecule has 3 N–H and O–H groups in total. The van der Waals surface area contributed by atoms with Gasteiger partial charge in [0.25, 0.3) is 0 Å². The number of ether oxygens (including phenoxy) is 3. The molecule has 152 valence electrons. The lowest BCUT2D eigenvalue weighted by atomic mass is 9.83. The van der Waals surface area contributed by atoms with Gasteiger partial charge in [0.2, 0.25) is 11.8 Å². The SMILES string of the molecule is COc1ccc(-c2[nH]nc3c2[C@H](c2ccc(F)c(Br)c2)C(C#N)=C(N)O3)cc1OC. The third-order valence-corrected chi connectivity index (χ3v) is 5.50. The maximum absolute atomic E-state index is 13.8. The highest BCUT2D eigenvalue weighted by Gasteiger charge is 2.36. The Morgan fingerprint density at radius 3 is 2.63 bits per heavy atom. The maximum Gasteiger partial charge on any atom is 0.244 e. The van der Waals surface area contributed by atoms with Crippen LogP contribution in [0, 0.1) is 17.1 Å². The van der Waals surface area contributed by atoms with Gasteiger partial charge in [-0.2, -0.15) is 5.26 Å². The van der Waals surface area contributed by atoms with E-state index in [-0.39, 0.29) is 21.8 Å². The Labute approximate surface area is 180 Å². The first-order valence-electron chi connectivity index (χ1n) is 8.81. The van der Waals surface area contributed by atoms with Gasteiger partial charge in [-0.1, -0.05) is 6.07 Å². The van der Waals surface area contributed by atoms with E-state index in [1.54, 1.807) is 38.5 Å². The van der Waals surface area contributed by atoms with Crippen molar-refractivity contribution in [3.05, 3.63) is 69.3 Å². The van der Waals surface area contributed by atoms with Crippen LogP contribution in [0.15, 0.2) is 52.3 Å². The number of rotatable bonds is 4. The van der Waals surface area contributed by atoms with Gasteiger partial charge in [0, 0.05) is 5.56 Å². The molecule has 0 amide bonds. The standard InChI is InChI=1S/C21H16BrFN4O3/c1-28-15-6-4-11(8-16(15)29-2)19-18-17(10-3-5-14(23)13(22)7-10)12(9-24)20(25)30-21(18)27-26-19/h3-8,17H,25H2,1-2H3,(H,26,27)/t17-/m1/s1. The zero-order valence-corrected chi connectivity index (χ0v) is 17.6. The Balaban J connectivity index is 1.93. The maximum atomic E-state index is 13.8. The van der Waals surface area contributed by atoms with Gasteiger partial charge in [0.05, 0.1) is 35.9 Å². The van der Waals surface area contributed by atoms with Crippen molar-refractivity contribution in [2.45, 2.75) is 5.92 Å². The molecule has 0 radical (unpaired) electrons. The zero-order chi connectivity index (χ0) is 21.4. The molecule has 7 nitrogen and oxygen atoms in total. The van der Waals surface area contributed by atoms with E-state index < -0.39 is 11.7 Å². The van der Waals surface area contributed by atoms with E-state index in [9.17, 15) is 9.65 Å². The Bertz CT molecular complexity index is 1220. The summed E-state index contributed by atoms with van der Waals surface area (Å²) in [5, 5.41) is 17.0. The second-order valence-corrected chi connectivity index (χ2v) is 7.34. The van der Waals surface area contributed by atoms with E-state index in [2.05, 4.69) is 32.2 Å². The topological polar surface area (TPSA) is 106 Å². The fraction of sp³-hybridized carbons (Fsp3) is 0.143. The number of halogens is 2. The van der Waals surface area contributed by atoms with E-state index in [1.807, 2.05) is 6.07 Å². The van der Waals surface area contributed by atoms with E-state index >= 15 is 0 Å². The minimum absolute atomic E-state index is 0.0409. The molecule has 1 aliphatic heterocycles. The molecule has 2 aromatic carbocycles. The van der Waals surface area contributed by atoms with Crippen LogP contribution in [0.25, 0.3) is 11.3 Å². The number of hydrogen-bond donors (Lipinski definition) is 2. The average Bonchev–Trinajstić information content (AvgIpc) is 3.17. The van der Waals surface area contributed by atoms with Gasteiger partial charge in [-0.15, -0.1) is 5.10 Å². The molecule has 4 rings (SSSR count). The smallest absolute Gasteiger partial charge is 0.244 e. The molecule has 1 atom stereocenters. The van der Waals surface area contributed by atoms with Crippen molar-refractivity contribution in [1.29, 1.82) is 5.26 Å². The van der Waals surface area contributed by atoms with Gasteiger partial charge in [0.15, 0.2) is 11.5 Å². The first kappa shape index (κ1) is 19.8. The molecule has 0 fully saturated rings. The summed E-state index contributed by atoms with van der Waals surface area (Å²) < 4.78 is 30.4. The van der Waals surface area contributed by atoms with E-state index in [0.717, 1.165) is 5.56 Å². The molecule has 0 saturated heterocycles. The van der Waals surface area contributed by atoms with Gasteiger partial charge in [-0.05, 0) is 51.8 Å². The molecular weight excluding hydrogens is 455 g/mol. The number of aromatic amines is 1. The lowest BCUT2D eigenvalue weighted by Gasteiger charge is -2.24. The number of allylic oxidation sites excluding steroid dienone is 1. The van der Waals surface area contributed by atoms with Crippen LogP contribution in [-0.4, -0.2) is 24.4 Å². The molecule has 30 heavy (non-hydrogen) atoms. The van der Waals surface area contributed by atoms with Gasteiger partial charge in [-0.25, -0.2) is 4.39 Å². The molecule has 1 aromatic heterocycles. The Morgan fingerprint density at radius 1 is 1.20 bits per heavy atom. The highest BCUT2D eigenvalue weighted by molar-refractivity contribution is 9.10. The van der Waals surface area contributed by atoms with Crippen LogP contribution >= 0.6 is 15.9 Å². The van der Waals surface area contributed by atoms with Crippen molar-refractivity contribution in [2.75, 3.05) is 14.2 Å². The highest BCUT2D eigenvalue weighted by atomic mass is 79.9. The fourth-order valence-corrected chi connectivity index (χ4v) is 3.88. The molecule has 0 saturated carbocycles. The minimum atomic E-state index is -0.600. The molecule has 2 heterocycles. The predicted octanol–water partition coefficient (Wildman–Crippen LogP) is 4.21. The van der Waals surface area contributed by atoms with Crippen molar-refractivity contribution < 1.29 is 18.6 Å². The normalized spacial score (nSPS) is 15.2. The number of nitriles is 1. The van der Waals surface area contributed by atoms with E-state index in [4.69, 9.17) is 19.9 Å². The first-order chi connectivity index (χ1) is 14.5. The molecule has 9 heteroatoms. The monoisotopic (exact) mass is 470 g/mol. The number of fused-ring (bicyclic) bond motifs is 1. The van der Waals surface area contributed by atoms with E-state index in [1.165, 1.54) is 6.07 Å². The number of H-pyrrole nitrogens is 1. The molecule has 0 spiro atoms. The van der Waals surface area contributed by atoms with Crippen molar-refractivity contribution in [3.63, 3.8) is 0 Å². The summed E-state index contributed by atoms with van der Waals surface area (Å²) in [6, 6.07) is 12.1. The Kier molecular flexibility index (Phi) is 5.10. The number of aromatic nitrogens is 2. The molecular formula is C21H16BrFN4O3. The summed E-state index contributed by atoms with van der Waals surface area (Å²) in [6.07, 6.45) is 0. The summed E-state index contributed by atoms with van der Waals surface area (Å²) in [5.41, 5.74) is 8.85. The Morgan fingerprint density at radius 2 is 1.97 bits per heavy atom. The molecule has 1 aliphatic rings. The number of nitrogens with zero attached hydrogens (tertiary/aromatic N) is 2. The van der Waals surface area contributed by atoms with Gasteiger partial charge in [-0.3, -0.25) is 5.10 Å². The third kappa shape index (κ3) is 3.15. The van der Waals surface area contributed by atoms with Crippen LogP contribution < -0.4 is 19.9 Å². The predicted molar refractivity (Wildman–Crippen MR) is 111 cm³/mol. The molecule has 0 aliphatic carbocycles. The minimum Gasteiger partial charge on any atom is -0.493 e. The van der Waals surface area contributed by atoms with Gasteiger partial charge in [0.1, 0.15) is 17.5 Å². The van der Waals surface area contributed by atoms with Crippen LogP contribution in [0.1, 0.15) is 17.0 Å². The average molecular weight is 471 g/mol. The summed E-state index contributed by atoms with van der Waals surface area (Å²) >= 11 is 3.21. The fourth-order valence-electron chi connectivity index (χ4n) is 3.48. The number of methoxy groups -OCH3 is 2. The number of nitrogens with two attached hydrogens (primary N) is 1. The summed E-state index contributed by atoms with van der Waals surface area (Å²) in [7, 11) is 3.10. The summed E-state index contributed by atoms with van der Waals surface area (Å²) in [6.45, 7) is 0. The molecule has 0 unspecified atom stereocenters. The van der Waals surface area contributed by atoms with Crippen LogP contribution in [-0.2, 0) is 0 Å². The second-order valence-electron chi connectivity index (χ2n) is 6.49. The van der Waals surface area contributed by atoms with Crippen molar-refractivity contribution in [2.24, 2.45) is 5.73 Å². The quantitative estimate of drug-likeness (QED) is 0.591. The van der Waals surface area contributed by atoms with Crippen LogP contribution in [0.5, 0.6) is 17.4 Å². The second kappa shape index (κ2) is 7.72. The highest BCUT2D eigenvalue weighted by Crippen LogP contribution is 2.47. The van der Waals surface area contributed by atoms with Crippen molar-refractivity contribution in [3.8, 4) is 34.7 Å². The molecule has 0 bridgehead atoms. The lowest BCUT2D eigenvalue weighted by molar-refractivity contribution is 0.355. The zero-order valence-electron chi connectivity index (χ0n) is 16.0. The number of hydrogen-bond acceptors (Lipinski definition) is 6. The first-order valence-corrected chi connectivity index (χ1v) is 9.61. The summed E-state index contributed by atoms with van der Waals surface area (Å²) in [5.74, 6) is 0.312. The number of benzene rings is 2. The van der Waals surface area contributed by atoms with E-state index in [0.29, 0.717) is 28.3 Å². The number of nitrogens with one attached hydrogen (secondary N) is 1. The summed E-state index contributed by atoms with van der Waals surface area (Å²) in [4.78, 5) is 0. The van der Waals surface area contributed by atoms with Crippen LogP contribution in [0.3, 0.4) is 0 Å². The Hall–Kier alpha value is -3.51. The third-order valence-electron chi connectivity index (χ3n) is 4.89. The van der Waals surface area contributed by atoms with Crippen molar-refractivity contribution in [1.82, 2.24) is 10.2 Å². The molecule has 3 aromatic rings. The van der Waals surface area contributed by atoms with Gasteiger partial charge < -0.3 is 19.9 Å².